The van der Waals surface area contributed by atoms with Crippen LogP contribution in [0.3, 0.4) is 0 Å². The van der Waals surface area contributed by atoms with Crippen LogP contribution in [-0.4, -0.2) is 48.1 Å². The second-order valence-corrected chi connectivity index (χ2v) is 5.68. The van der Waals surface area contributed by atoms with E-state index >= 15 is 0 Å². The molecule has 5 nitrogen and oxygen atoms in total. The van der Waals surface area contributed by atoms with Gasteiger partial charge >= 0.3 is 5.97 Å². The Kier molecular flexibility index (Phi) is 6.23. The molecule has 1 aliphatic carbocycles. The summed E-state index contributed by atoms with van der Waals surface area (Å²) in [6.07, 6.45) is 2.45. The van der Waals surface area contributed by atoms with Crippen molar-refractivity contribution in [1.29, 1.82) is 0 Å². The Hall–Kier alpha value is -0.650. The van der Waals surface area contributed by atoms with E-state index < -0.39 is 11.5 Å². The van der Waals surface area contributed by atoms with Crippen LogP contribution in [0.2, 0.25) is 0 Å². The number of carbonyl (C=O) groups is 1. The van der Waals surface area contributed by atoms with Crippen molar-refractivity contribution in [3.8, 4) is 0 Å². The number of ether oxygens (including phenoxy) is 2. The third-order valence-electron chi connectivity index (χ3n) is 3.29. The molecule has 0 aromatic rings. The largest absolute Gasteiger partial charge is 0.480 e. The van der Waals surface area contributed by atoms with Gasteiger partial charge in [0, 0.05) is 19.1 Å². The molecule has 1 aliphatic rings. The van der Waals surface area contributed by atoms with Crippen molar-refractivity contribution in [3.63, 3.8) is 0 Å². The van der Waals surface area contributed by atoms with Gasteiger partial charge in [0.2, 0.25) is 0 Å². The molecule has 5 heteroatoms. The zero-order chi connectivity index (χ0) is 14.5. The summed E-state index contributed by atoms with van der Waals surface area (Å²) in [4.78, 5) is 11.4. The number of rotatable bonds is 10. The molecule has 0 aromatic carbocycles. The molecule has 19 heavy (non-hydrogen) atoms. The molecule has 0 radical (unpaired) electrons. The minimum atomic E-state index is -0.911. The molecule has 0 bridgehead atoms. The van der Waals surface area contributed by atoms with Gasteiger partial charge in [-0.05, 0) is 40.5 Å². The van der Waals surface area contributed by atoms with Crippen LogP contribution in [0.25, 0.3) is 0 Å². The van der Waals surface area contributed by atoms with Crippen LogP contribution in [0.1, 0.15) is 47.0 Å². The molecular weight excluding hydrogens is 246 g/mol. The van der Waals surface area contributed by atoms with Crippen LogP contribution in [0, 0.1) is 0 Å². The molecule has 1 saturated carbocycles. The van der Waals surface area contributed by atoms with Crippen molar-refractivity contribution in [2.75, 3.05) is 13.2 Å². The quantitative estimate of drug-likeness (QED) is 0.635. The van der Waals surface area contributed by atoms with E-state index in [1.165, 1.54) is 0 Å². The monoisotopic (exact) mass is 273 g/mol. The summed E-state index contributed by atoms with van der Waals surface area (Å²) in [5.74, 6) is -0.813. The Morgan fingerprint density at radius 3 is 2.53 bits per heavy atom. The lowest BCUT2D eigenvalue weighted by molar-refractivity contribution is -0.146. The van der Waals surface area contributed by atoms with E-state index in [0.717, 1.165) is 12.8 Å². The molecule has 0 aliphatic heterocycles. The SMILES string of the molecule is CCOCC(C)OC(C)CC(C)(NC1CC1)C(=O)O. The number of hydrogen-bond acceptors (Lipinski definition) is 4. The van der Waals surface area contributed by atoms with Gasteiger partial charge in [0.1, 0.15) is 5.54 Å². The summed E-state index contributed by atoms with van der Waals surface area (Å²) in [5, 5.41) is 12.6. The predicted octanol–water partition coefficient (Wildman–Crippen LogP) is 1.80. The molecule has 0 heterocycles. The van der Waals surface area contributed by atoms with Crippen LogP contribution < -0.4 is 5.32 Å². The zero-order valence-electron chi connectivity index (χ0n) is 12.4. The van der Waals surface area contributed by atoms with E-state index in [-0.39, 0.29) is 12.2 Å². The molecular formula is C14H27NO4. The fourth-order valence-corrected chi connectivity index (χ4v) is 2.23. The highest BCUT2D eigenvalue weighted by Crippen LogP contribution is 2.25. The zero-order valence-corrected chi connectivity index (χ0v) is 12.4. The van der Waals surface area contributed by atoms with E-state index in [9.17, 15) is 9.90 Å². The van der Waals surface area contributed by atoms with E-state index in [2.05, 4.69) is 5.32 Å². The van der Waals surface area contributed by atoms with Crippen LogP contribution in [0.4, 0.5) is 0 Å². The van der Waals surface area contributed by atoms with Crippen molar-refractivity contribution >= 4 is 5.97 Å². The predicted molar refractivity (Wildman–Crippen MR) is 73.3 cm³/mol. The van der Waals surface area contributed by atoms with Gasteiger partial charge in [0.05, 0.1) is 18.8 Å². The maximum absolute atomic E-state index is 11.4. The molecule has 3 atom stereocenters. The molecule has 0 saturated heterocycles. The van der Waals surface area contributed by atoms with Gasteiger partial charge in [0.15, 0.2) is 0 Å². The van der Waals surface area contributed by atoms with Crippen LogP contribution >= 0.6 is 0 Å². The van der Waals surface area contributed by atoms with E-state index in [0.29, 0.717) is 25.7 Å². The fraction of sp³-hybridized carbons (Fsp3) is 0.929. The smallest absolute Gasteiger partial charge is 0.323 e. The maximum Gasteiger partial charge on any atom is 0.323 e. The van der Waals surface area contributed by atoms with Gasteiger partial charge in [-0.1, -0.05) is 0 Å². The first-order chi connectivity index (χ1) is 8.87. The van der Waals surface area contributed by atoms with Gasteiger partial charge in [-0.25, -0.2) is 0 Å². The molecule has 1 fully saturated rings. The minimum Gasteiger partial charge on any atom is -0.480 e. The van der Waals surface area contributed by atoms with Crippen LogP contribution in [-0.2, 0) is 14.3 Å². The van der Waals surface area contributed by atoms with Gasteiger partial charge in [-0.15, -0.1) is 0 Å². The highest BCUT2D eigenvalue weighted by molar-refractivity contribution is 5.78. The molecule has 1 rings (SSSR count). The topological polar surface area (TPSA) is 67.8 Å². The lowest BCUT2D eigenvalue weighted by Gasteiger charge is -2.30. The van der Waals surface area contributed by atoms with E-state index in [1.807, 2.05) is 20.8 Å². The normalized spacial score (nSPS) is 21.7. The van der Waals surface area contributed by atoms with Crippen molar-refractivity contribution in [3.05, 3.63) is 0 Å². The highest BCUT2D eigenvalue weighted by atomic mass is 16.5. The first-order valence-corrected chi connectivity index (χ1v) is 7.11. The molecule has 3 unspecified atom stereocenters. The molecule has 0 aromatic heterocycles. The Balaban J connectivity index is 2.41. The van der Waals surface area contributed by atoms with E-state index in [1.54, 1.807) is 6.92 Å². The maximum atomic E-state index is 11.4. The van der Waals surface area contributed by atoms with E-state index in [4.69, 9.17) is 9.47 Å². The number of carboxylic acids is 1. The number of hydrogen-bond donors (Lipinski definition) is 2. The summed E-state index contributed by atoms with van der Waals surface area (Å²) >= 11 is 0. The summed E-state index contributed by atoms with van der Waals surface area (Å²) in [6, 6.07) is 0.356. The molecule has 0 spiro atoms. The highest BCUT2D eigenvalue weighted by Gasteiger charge is 2.39. The second-order valence-electron chi connectivity index (χ2n) is 5.68. The first kappa shape index (κ1) is 16.4. The van der Waals surface area contributed by atoms with Crippen LogP contribution in [0.15, 0.2) is 0 Å². The van der Waals surface area contributed by atoms with Gasteiger partial charge in [-0.2, -0.15) is 0 Å². The third-order valence-corrected chi connectivity index (χ3v) is 3.29. The van der Waals surface area contributed by atoms with Gasteiger partial charge in [-0.3, -0.25) is 10.1 Å². The average Bonchev–Trinajstić information content (AvgIpc) is 3.09. The Bertz CT molecular complexity index is 293. The summed E-state index contributed by atoms with van der Waals surface area (Å²) < 4.78 is 11.1. The lowest BCUT2D eigenvalue weighted by atomic mass is 9.94. The Morgan fingerprint density at radius 1 is 1.42 bits per heavy atom. The summed E-state index contributed by atoms with van der Waals surface area (Å²) in [5.41, 5.74) is -0.911. The molecule has 112 valence electrons. The summed E-state index contributed by atoms with van der Waals surface area (Å²) in [6.45, 7) is 8.74. The van der Waals surface area contributed by atoms with Crippen molar-refractivity contribution in [2.24, 2.45) is 0 Å². The number of aliphatic carboxylic acids is 1. The Morgan fingerprint density at radius 2 is 2.05 bits per heavy atom. The lowest BCUT2D eigenvalue weighted by Crippen LogP contribution is -2.52. The van der Waals surface area contributed by atoms with Gasteiger partial charge in [0.25, 0.3) is 0 Å². The third kappa shape index (κ3) is 5.89. The average molecular weight is 273 g/mol. The fourth-order valence-electron chi connectivity index (χ4n) is 2.23. The molecule has 2 N–H and O–H groups in total. The van der Waals surface area contributed by atoms with Crippen LogP contribution in [0.5, 0.6) is 0 Å². The number of nitrogens with one attached hydrogen (secondary N) is 1. The summed E-state index contributed by atoms with van der Waals surface area (Å²) in [7, 11) is 0. The number of carboxylic acid groups (broad SMARTS) is 1. The van der Waals surface area contributed by atoms with Crippen molar-refractivity contribution in [2.45, 2.75) is 70.7 Å². The standard InChI is InChI=1S/C14H27NO4/c1-5-18-9-11(3)19-10(2)8-14(4,13(16)17)15-12-6-7-12/h10-12,15H,5-9H2,1-4H3,(H,16,17). The van der Waals surface area contributed by atoms with Gasteiger partial charge < -0.3 is 14.6 Å². The Labute approximate surface area is 115 Å². The minimum absolute atomic E-state index is 0.0195. The second kappa shape index (κ2) is 7.22. The molecule has 0 amide bonds. The van der Waals surface area contributed by atoms with Crippen molar-refractivity contribution in [1.82, 2.24) is 5.32 Å². The first-order valence-electron chi connectivity index (χ1n) is 7.11. The van der Waals surface area contributed by atoms with Crippen molar-refractivity contribution < 1.29 is 19.4 Å².